The standard InChI is InChI=1S/C20H14N4O2.2C12H8N2.Ru/c1-25-15-9-13-14(10-16(15)26-2)24-20-12-6-4-8-22-18(12)17-11(19(20)23-13)5-3-7-21-17;2*1-3-9-5-6-10-4-2-8-14-12(10)11(9)13-7-1;/h3-10H,1-2H3;2*1-8H;/q;;;+2. The van der Waals surface area contributed by atoms with Crippen LogP contribution in [-0.2, 0) is 19.5 Å². The molecule has 7 heterocycles. The maximum Gasteiger partial charge on any atom is 2.00 e. The maximum atomic E-state index is 5.40. The molecule has 4 aromatic carbocycles. The van der Waals surface area contributed by atoms with Crippen LogP contribution in [0.15, 0.2) is 146 Å². The van der Waals surface area contributed by atoms with Crippen molar-refractivity contribution in [2.24, 2.45) is 0 Å². The predicted octanol–water partition coefficient (Wildman–Crippen LogP) is 9.46. The molecular formula is C44H30N8O2Ru+2. The van der Waals surface area contributed by atoms with Gasteiger partial charge in [-0.25, -0.2) is 9.97 Å². The molecule has 0 fully saturated rings. The predicted molar refractivity (Wildman–Crippen MR) is 215 cm³/mol. The molecule has 0 N–H and O–H groups in total. The van der Waals surface area contributed by atoms with Crippen LogP contribution in [0.5, 0.6) is 11.5 Å². The Bertz CT molecular complexity index is 2860. The fourth-order valence-electron chi connectivity index (χ4n) is 6.69. The smallest absolute Gasteiger partial charge is 0.493 e. The van der Waals surface area contributed by atoms with Crippen LogP contribution in [0, 0.1) is 0 Å². The Kier molecular flexibility index (Phi) is 9.77. The normalized spacial score (nSPS) is 10.9. The Labute approximate surface area is 327 Å². The van der Waals surface area contributed by atoms with E-state index in [2.05, 4.69) is 78.4 Å². The van der Waals surface area contributed by atoms with E-state index in [1.165, 1.54) is 0 Å². The van der Waals surface area contributed by atoms with Crippen LogP contribution in [0.25, 0.3) is 87.5 Å². The van der Waals surface area contributed by atoms with Gasteiger partial charge >= 0.3 is 19.5 Å². The van der Waals surface area contributed by atoms with E-state index >= 15 is 0 Å². The molecule has 0 unspecified atom stereocenters. The van der Waals surface area contributed by atoms with Gasteiger partial charge in [-0.3, -0.25) is 29.9 Å². The number of pyridine rings is 6. The topological polar surface area (TPSA) is 122 Å². The van der Waals surface area contributed by atoms with Crippen LogP contribution < -0.4 is 9.47 Å². The molecule has 0 bridgehead atoms. The number of hydrogen-bond acceptors (Lipinski definition) is 10. The van der Waals surface area contributed by atoms with E-state index < -0.39 is 0 Å². The van der Waals surface area contributed by atoms with Gasteiger partial charge in [0.2, 0.25) is 0 Å². The Hall–Kier alpha value is -6.84. The summed E-state index contributed by atoms with van der Waals surface area (Å²) in [4.78, 5) is 36.2. The number of hydrogen-bond donors (Lipinski definition) is 0. The van der Waals surface area contributed by atoms with Crippen LogP contribution in [0.2, 0.25) is 0 Å². The van der Waals surface area contributed by atoms with E-state index in [1.807, 2.05) is 60.7 Å². The molecule has 0 saturated heterocycles. The average molecular weight is 804 g/mol. The van der Waals surface area contributed by atoms with E-state index in [0.717, 1.165) is 87.5 Å². The Morgan fingerprint density at radius 2 is 0.636 bits per heavy atom. The first-order valence-electron chi connectivity index (χ1n) is 17.2. The van der Waals surface area contributed by atoms with Gasteiger partial charge in [0.1, 0.15) is 0 Å². The largest absolute Gasteiger partial charge is 2.00 e. The number of benzene rings is 4. The summed E-state index contributed by atoms with van der Waals surface area (Å²) in [6, 6.07) is 35.8. The van der Waals surface area contributed by atoms with Crippen LogP contribution in [0.1, 0.15) is 0 Å². The van der Waals surface area contributed by atoms with Crippen LogP contribution in [0.3, 0.4) is 0 Å². The quantitative estimate of drug-likeness (QED) is 0.0949. The van der Waals surface area contributed by atoms with Crippen molar-refractivity contribution < 1.29 is 29.0 Å². The molecule has 0 aliphatic heterocycles. The van der Waals surface area contributed by atoms with Crippen molar-refractivity contribution in [2.45, 2.75) is 0 Å². The van der Waals surface area contributed by atoms with Gasteiger partial charge in [-0.05, 0) is 48.5 Å². The second-order valence-electron chi connectivity index (χ2n) is 12.3. The van der Waals surface area contributed by atoms with Crippen molar-refractivity contribution in [3.05, 3.63) is 146 Å². The number of rotatable bonds is 2. The third-order valence-electron chi connectivity index (χ3n) is 9.21. The molecule has 11 rings (SSSR count). The molecule has 264 valence electrons. The van der Waals surface area contributed by atoms with E-state index in [1.54, 1.807) is 51.4 Å². The zero-order chi connectivity index (χ0) is 36.4. The molecule has 0 aliphatic rings. The number of aromatic nitrogens is 8. The first-order valence-corrected chi connectivity index (χ1v) is 17.2. The fraction of sp³-hybridized carbons (Fsp3) is 0.0455. The minimum atomic E-state index is 0. The molecule has 0 radical (unpaired) electrons. The van der Waals surface area contributed by atoms with Crippen molar-refractivity contribution in [3.8, 4) is 11.5 Å². The summed E-state index contributed by atoms with van der Waals surface area (Å²) in [6.07, 6.45) is 10.7. The first-order chi connectivity index (χ1) is 26.7. The Morgan fingerprint density at radius 3 is 0.945 bits per heavy atom. The van der Waals surface area contributed by atoms with E-state index in [0.29, 0.717) is 11.5 Å². The average Bonchev–Trinajstić information content (AvgIpc) is 3.25. The minimum Gasteiger partial charge on any atom is -0.493 e. The van der Waals surface area contributed by atoms with Gasteiger partial charge in [-0.15, -0.1) is 0 Å². The van der Waals surface area contributed by atoms with E-state index in [-0.39, 0.29) is 19.5 Å². The van der Waals surface area contributed by atoms with Crippen LogP contribution >= 0.6 is 0 Å². The second kappa shape index (κ2) is 15.3. The second-order valence-corrected chi connectivity index (χ2v) is 12.3. The minimum absolute atomic E-state index is 0. The maximum absolute atomic E-state index is 5.40. The zero-order valence-electron chi connectivity index (χ0n) is 29.6. The van der Waals surface area contributed by atoms with Crippen LogP contribution in [-0.4, -0.2) is 54.1 Å². The molecule has 7 aromatic heterocycles. The summed E-state index contributed by atoms with van der Waals surface area (Å²) in [6.45, 7) is 0. The molecule has 10 nitrogen and oxygen atoms in total. The molecule has 0 saturated carbocycles. The van der Waals surface area contributed by atoms with Crippen molar-refractivity contribution in [1.29, 1.82) is 0 Å². The van der Waals surface area contributed by atoms with Crippen molar-refractivity contribution in [3.63, 3.8) is 0 Å². The van der Waals surface area contributed by atoms with Gasteiger partial charge in [0, 0.05) is 81.6 Å². The number of nitrogens with zero attached hydrogens (tertiary/aromatic N) is 8. The van der Waals surface area contributed by atoms with Crippen molar-refractivity contribution in [1.82, 2.24) is 39.9 Å². The summed E-state index contributed by atoms with van der Waals surface area (Å²) in [5.41, 5.74) is 8.63. The zero-order valence-corrected chi connectivity index (χ0v) is 31.3. The summed E-state index contributed by atoms with van der Waals surface area (Å²) in [5, 5.41) is 6.41. The molecule has 0 atom stereocenters. The SMILES string of the molecule is COc1cc2nc3c4cccnc4c4ncccc4c3nc2cc1OC.[Ru+2].c1cnc2c(c1)ccc1cccnc12.c1cnc2c(c1)ccc1cccnc12. The molecular weight excluding hydrogens is 774 g/mol. The van der Waals surface area contributed by atoms with Crippen molar-refractivity contribution in [2.75, 3.05) is 14.2 Å². The molecule has 11 aromatic rings. The van der Waals surface area contributed by atoms with Gasteiger partial charge < -0.3 is 9.47 Å². The van der Waals surface area contributed by atoms with Gasteiger partial charge in [0.25, 0.3) is 0 Å². The van der Waals surface area contributed by atoms with E-state index in [9.17, 15) is 0 Å². The Morgan fingerprint density at radius 1 is 0.345 bits per heavy atom. The summed E-state index contributed by atoms with van der Waals surface area (Å²) >= 11 is 0. The Balaban J connectivity index is 0.000000125. The first kappa shape index (κ1) is 35.2. The molecule has 55 heavy (non-hydrogen) atoms. The molecule has 0 aliphatic carbocycles. The van der Waals surface area contributed by atoms with E-state index in [4.69, 9.17) is 19.4 Å². The number of ether oxygens (including phenoxy) is 2. The van der Waals surface area contributed by atoms with Gasteiger partial charge in [0.05, 0.1) is 69.4 Å². The van der Waals surface area contributed by atoms with Crippen LogP contribution in [0.4, 0.5) is 0 Å². The molecule has 11 heteroatoms. The summed E-state index contributed by atoms with van der Waals surface area (Å²) < 4.78 is 10.8. The number of fused-ring (bicyclic) bond motifs is 13. The third-order valence-corrected chi connectivity index (χ3v) is 9.21. The molecule has 0 spiro atoms. The fourth-order valence-corrected chi connectivity index (χ4v) is 6.69. The summed E-state index contributed by atoms with van der Waals surface area (Å²) in [7, 11) is 3.22. The number of methoxy groups -OCH3 is 2. The monoisotopic (exact) mass is 804 g/mol. The third kappa shape index (κ3) is 6.55. The molecule has 0 amide bonds. The van der Waals surface area contributed by atoms with Crippen molar-refractivity contribution >= 4 is 87.5 Å². The van der Waals surface area contributed by atoms with Gasteiger partial charge in [-0.2, -0.15) is 0 Å². The van der Waals surface area contributed by atoms with Gasteiger partial charge in [-0.1, -0.05) is 48.5 Å². The van der Waals surface area contributed by atoms with Gasteiger partial charge in [0.15, 0.2) is 11.5 Å². The summed E-state index contributed by atoms with van der Waals surface area (Å²) in [5.74, 6) is 1.25.